The third kappa shape index (κ3) is 6.52. The molecular formula is C18H24N2O3. The molecule has 0 aliphatic heterocycles. The number of nitrogens with zero attached hydrogens (tertiary/aromatic N) is 2. The lowest BCUT2D eigenvalue weighted by atomic mass is 9.92. The third-order valence-corrected chi connectivity index (χ3v) is 3.41. The summed E-state index contributed by atoms with van der Waals surface area (Å²) < 4.78 is 5.31. The van der Waals surface area contributed by atoms with E-state index in [9.17, 15) is 9.59 Å². The Kier molecular flexibility index (Phi) is 6.77. The van der Waals surface area contributed by atoms with Crippen molar-refractivity contribution in [1.29, 1.82) is 5.26 Å². The largest absolute Gasteiger partial charge is 0.444 e. The molecule has 0 saturated carbocycles. The maximum atomic E-state index is 11.9. The van der Waals surface area contributed by atoms with Gasteiger partial charge in [0.15, 0.2) is 0 Å². The molecule has 0 bridgehead atoms. The molecule has 1 rings (SSSR count). The summed E-state index contributed by atoms with van der Waals surface area (Å²) in [4.78, 5) is 24.4. The van der Waals surface area contributed by atoms with Crippen molar-refractivity contribution in [2.45, 2.75) is 45.1 Å². The van der Waals surface area contributed by atoms with Crippen molar-refractivity contribution in [2.24, 2.45) is 0 Å². The lowest BCUT2D eigenvalue weighted by Crippen LogP contribution is -2.35. The highest BCUT2D eigenvalue weighted by molar-refractivity contribution is 5.67. The molecule has 0 radical (unpaired) electrons. The number of amides is 1. The first-order valence-electron chi connectivity index (χ1n) is 7.64. The molecule has 1 atom stereocenters. The van der Waals surface area contributed by atoms with Crippen molar-refractivity contribution in [1.82, 2.24) is 4.90 Å². The van der Waals surface area contributed by atoms with Crippen molar-refractivity contribution < 1.29 is 14.3 Å². The van der Waals surface area contributed by atoms with Crippen molar-refractivity contribution >= 4 is 12.4 Å². The minimum Gasteiger partial charge on any atom is -0.444 e. The van der Waals surface area contributed by atoms with E-state index in [0.29, 0.717) is 24.9 Å². The fourth-order valence-corrected chi connectivity index (χ4v) is 2.15. The summed E-state index contributed by atoms with van der Waals surface area (Å²) in [6.07, 6.45) is 1.55. The maximum absolute atomic E-state index is 11.9. The van der Waals surface area contributed by atoms with Crippen LogP contribution in [-0.4, -0.2) is 36.5 Å². The fraction of sp³-hybridized carbons (Fsp3) is 0.500. The fourth-order valence-electron chi connectivity index (χ4n) is 2.15. The molecule has 1 unspecified atom stereocenters. The van der Waals surface area contributed by atoms with Crippen LogP contribution in [-0.2, 0) is 9.53 Å². The number of nitriles is 1. The zero-order valence-corrected chi connectivity index (χ0v) is 14.2. The number of aldehydes is 1. The molecule has 5 heteroatoms. The van der Waals surface area contributed by atoms with Crippen LogP contribution in [0.2, 0.25) is 0 Å². The van der Waals surface area contributed by atoms with Gasteiger partial charge in [0.25, 0.3) is 0 Å². The molecule has 0 fully saturated rings. The van der Waals surface area contributed by atoms with E-state index in [1.807, 2.05) is 32.9 Å². The average Bonchev–Trinajstić information content (AvgIpc) is 2.49. The van der Waals surface area contributed by atoms with Crippen LogP contribution in [0.4, 0.5) is 4.79 Å². The zero-order chi connectivity index (χ0) is 17.5. The molecule has 1 aromatic rings. The maximum Gasteiger partial charge on any atom is 0.410 e. The summed E-state index contributed by atoms with van der Waals surface area (Å²) in [7, 11) is 1.69. The minimum absolute atomic E-state index is 0.0186. The molecule has 0 heterocycles. The highest BCUT2D eigenvalue weighted by Gasteiger charge is 2.20. The highest BCUT2D eigenvalue weighted by atomic mass is 16.6. The number of ether oxygens (including phenoxy) is 1. The number of benzene rings is 1. The molecule has 5 nitrogen and oxygen atoms in total. The van der Waals surface area contributed by atoms with Crippen molar-refractivity contribution in [3.63, 3.8) is 0 Å². The Labute approximate surface area is 137 Å². The van der Waals surface area contributed by atoms with Crippen molar-refractivity contribution in [3.05, 3.63) is 35.4 Å². The van der Waals surface area contributed by atoms with Crippen LogP contribution in [0.3, 0.4) is 0 Å². The topological polar surface area (TPSA) is 70.4 Å². The number of rotatable bonds is 6. The van der Waals surface area contributed by atoms with E-state index >= 15 is 0 Å². The first-order chi connectivity index (χ1) is 10.8. The second kappa shape index (κ2) is 8.33. The molecule has 0 saturated heterocycles. The van der Waals surface area contributed by atoms with Gasteiger partial charge >= 0.3 is 6.09 Å². The lowest BCUT2D eigenvalue weighted by Gasteiger charge is -2.25. The first-order valence-corrected chi connectivity index (χ1v) is 7.64. The van der Waals surface area contributed by atoms with Crippen LogP contribution in [0.1, 0.15) is 50.7 Å². The molecule has 0 aliphatic carbocycles. The predicted molar refractivity (Wildman–Crippen MR) is 88.1 cm³/mol. The van der Waals surface area contributed by atoms with Gasteiger partial charge in [-0.15, -0.1) is 0 Å². The SMILES string of the molecule is CN(CCC(CC=O)c1ccc(C#N)cc1)C(=O)OC(C)(C)C. The van der Waals surface area contributed by atoms with E-state index < -0.39 is 5.60 Å². The molecule has 1 aromatic carbocycles. The predicted octanol–water partition coefficient (Wildman–Crippen LogP) is 3.49. The quantitative estimate of drug-likeness (QED) is 0.753. The van der Waals surface area contributed by atoms with Crippen LogP contribution >= 0.6 is 0 Å². The van der Waals surface area contributed by atoms with Crippen LogP contribution in [0.25, 0.3) is 0 Å². The normalized spacial score (nSPS) is 12.1. The third-order valence-electron chi connectivity index (χ3n) is 3.41. The van der Waals surface area contributed by atoms with Crippen LogP contribution in [0, 0.1) is 11.3 Å². The molecule has 0 N–H and O–H groups in total. The molecule has 0 aliphatic rings. The van der Waals surface area contributed by atoms with Gasteiger partial charge in [0.1, 0.15) is 11.9 Å². The summed E-state index contributed by atoms with van der Waals surface area (Å²) in [5, 5.41) is 8.84. The van der Waals surface area contributed by atoms with Gasteiger partial charge < -0.3 is 14.4 Å². The molecule has 0 spiro atoms. The van der Waals surface area contributed by atoms with Gasteiger partial charge in [-0.3, -0.25) is 0 Å². The second-order valence-electron chi connectivity index (χ2n) is 6.52. The summed E-state index contributed by atoms with van der Waals surface area (Å²) >= 11 is 0. The minimum atomic E-state index is -0.527. The molecule has 124 valence electrons. The monoisotopic (exact) mass is 316 g/mol. The van der Waals surface area contributed by atoms with Gasteiger partial charge in [-0.1, -0.05) is 12.1 Å². The molecule has 1 amide bonds. The Bertz CT molecular complexity index is 567. The van der Waals surface area contributed by atoms with Gasteiger partial charge in [0.05, 0.1) is 11.6 Å². The Hall–Kier alpha value is -2.35. The van der Waals surface area contributed by atoms with E-state index in [1.54, 1.807) is 19.2 Å². The van der Waals surface area contributed by atoms with Gasteiger partial charge in [0, 0.05) is 20.0 Å². The number of hydrogen-bond donors (Lipinski definition) is 0. The number of carbonyl (C=O) groups is 2. The molecule has 0 aromatic heterocycles. The van der Waals surface area contributed by atoms with E-state index in [4.69, 9.17) is 10.00 Å². The Morgan fingerprint density at radius 1 is 1.35 bits per heavy atom. The standard InChI is InChI=1S/C18H24N2O3/c1-18(2,3)23-17(22)20(4)11-9-16(10-12-21)15-7-5-14(13-19)6-8-15/h5-8,12,16H,9-11H2,1-4H3. The summed E-state index contributed by atoms with van der Waals surface area (Å²) in [6.45, 7) is 5.97. The Balaban J connectivity index is 2.67. The van der Waals surface area contributed by atoms with Crippen molar-refractivity contribution in [3.8, 4) is 6.07 Å². The summed E-state index contributed by atoms with van der Waals surface area (Å²) in [6, 6.07) is 9.28. The van der Waals surface area contributed by atoms with E-state index in [1.165, 1.54) is 4.90 Å². The molecule has 23 heavy (non-hydrogen) atoms. The lowest BCUT2D eigenvalue weighted by molar-refractivity contribution is -0.108. The summed E-state index contributed by atoms with van der Waals surface area (Å²) in [5.41, 5.74) is 1.05. The average molecular weight is 316 g/mol. The van der Waals surface area contributed by atoms with Crippen molar-refractivity contribution in [2.75, 3.05) is 13.6 Å². The van der Waals surface area contributed by atoms with E-state index in [0.717, 1.165) is 11.8 Å². The van der Waals surface area contributed by atoms with Gasteiger partial charge in [-0.2, -0.15) is 5.26 Å². The number of carbonyl (C=O) groups excluding carboxylic acids is 2. The van der Waals surface area contributed by atoms with E-state index in [2.05, 4.69) is 6.07 Å². The van der Waals surface area contributed by atoms with E-state index in [-0.39, 0.29) is 12.0 Å². The summed E-state index contributed by atoms with van der Waals surface area (Å²) in [5.74, 6) is 0.0186. The Morgan fingerprint density at radius 3 is 2.43 bits per heavy atom. The molecular weight excluding hydrogens is 292 g/mol. The number of hydrogen-bond acceptors (Lipinski definition) is 4. The van der Waals surface area contributed by atoms with Crippen LogP contribution < -0.4 is 0 Å². The zero-order valence-electron chi connectivity index (χ0n) is 14.2. The van der Waals surface area contributed by atoms with Gasteiger partial charge in [-0.05, 0) is 50.8 Å². The van der Waals surface area contributed by atoms with Gasteiger partial charge in [-0.25, -0.2) is 4.79 Å². The first kappa shape index (κ1) is 18.7. The van der Waals surface area contributed by atoms with Crippen LogP contribution in [0.15, 0.2) is 24.3 Å². The smallest absolute Gasteiger partial charge is 0.410 e. The highest BCUT2D eigenvalue weighted by Crippen LogP contribution is 2.23. The Morgan fingerprint density at radius 2 is 1.96 bits per heavy atom. The second-order valence-corrected chi connectivity index (χ2v) is 6.52. The van der Waals surface area contributed by atoms with Gasteiger partial charge in [0.2, 0.25) is 0 Å². The van der Waals surface area contributed by atoms with Crippen LogP contribution in [0.5, 0.6) is 0 Å².